The zero-order chi connectivity index (χ0) is 10.7. The standard InChI is InChI=1S/C11H11N3O/c1-15-11-7-8(5-6-13-11)9-3-2-4-10(12)14-9/h2-7H,1H3,(H2,12,14). The van der Waals surface area contributed by atoms with Gasteiger partial charge < -0.3 is 10.5 Å². The molecule has 2 aromatic rings. The van der Waals surface area contributed by atoms with Gasteiger partial charge in [0.1, 0.15) is 5.82 Å². The van der Waals surface area contributed by atoms with Gasteiger partial charge in [-0.2, -0.15) is 0 Å². The second kappa shape index (κ2) is 3.96. The van der Waals surface area contributed by atoms with Crippen LogP contribution in [0.15, 0.2) is 36.5 Å². The van der Waals surface area contributed by atoms with Crippen LogP contribution >= 0.6 is 0 Å². The molecule has 0 radical (unpaired) electrons. The normalized spacial score (nSPS) is 9.93. The average Bonchev–Trinajstić information content (AvgIpc) is 2.29. The van der Waals surface area contributed by atoms with Crippen molar-refractivity contribution < 1.29 is 4.74 Å². The monoisotopic (exact) mass is 201 g/mol. The lowest BCUT2D eigenvalue weighted by molar-refractivity contribution is 0.398. The molecule has 0 aliphatic rings. The topological polar surface area (TPSA) is 61.0 Å². The van der Waals surface area contributed by atoms with E-state index in [1.165, 1.54) is 0 Å². The maximum absolute atomic E-state index is 5.61. The molecule has 0 aliphatic carbocycles. The Balaban J connectivity index is 2.44. The number of aromatic nitrogens is 2. The zero-order valence-corrected chi connectivity index (χ0v) is 8.34. The summed E-state index contributed by atoms with van der Waals surface area (Å²) in [4.78, 5) is 8.24. The molecule has 2 rings (SSSR count). The van der Waals surface area contributed by atoms with Crippen LogP contribution in [0.1, 0.15) is 0 Å². The lowest BCUT2D eigenvalue weighted by atomic mass is 10.2. The summed E-state index contributed by atoms with van der Waals surface area (Å²) in [5.74, 6) is 1.07. The maximum atomic E-state index is 5.61. The van der Waals surface area contributed by atoms with Crippen LogP contribution in [0.3, 0.4) is 0 Å². The van der Waals surface area contributed by atoms with Crippen LogP contribution in [0, 0.1) is 0 Å². The molecule has 0 aromatic carbocycles. The summed E-state index contributed by atoms with van der Waals surface area (Å²) < 4.78 is 5.04. The summed E-state index contributed by atoms with van der Waals surface area (Å²) in [7, 11) is 1.58. The molecule has 0 aliphatic heterocycles. The largest absolute Gasteiger partial charge is 0.481 e. The smallest absolute Gasteiger partial charge is 0.213 e. The van der Waals surface area contributed by atoms with Crippen LogP contribution in [0.4, 0.5) is 5.82 Å². The van der Waals surface area contributed by atoms with Gasteiger partial charge in [0.2, 0.25) is 5.88 Å². The number of hydrogen-bond acceptors (Lipinski definition) is 4. The van der Waals surface area contributed by atoms with Gasteiger partial charge in [0.15, 0.2) is 0 Å². The number of ether oxygens (including phenoxy) is 1. The van der Waals surface area contributed by atoms with Gasteiger partial charge in [-0.1, -0.05) is 6.07 Å². The lowest BCUT2D eigenvalue weighted by Gasteiger charge is -2.03. The summed E-state index contributed by atoms with van der Waals surface area (Å²) in [5.41, 5.74) is 7.36. The molecule has 0 atom stereocenters. The van der Waals surface area contributed by atoms with Gasteiger partial charge in [0, 0.05) is 17.8 Å². The second-order valence-electron chi connectivity index (χ2n) is 3.03. The molecule has 76 valence electrons. The molecule has 0 saturated carbocycles. The highest BCUT2D eigenvalue weighted by molar-refractivity contribution is 5.61. The third-order valence-electron chi connectivity index (χ3n) is 2.01. The van der Waals surface area contributed by atoms with Gasteiger partial charge in [-0.15, -0.1) is 0 Å². The van der Waals surface area contributed by atoms with Crippen molar-refractivity contribution in [1.29, 1.82) is 0 Å². The molecular formula is C11H11N3O. The first-order valence-electron chi connectivity index (χ1n) is 4.52. The van der Waals surface area contributed by atoms with Crippen molar-refractivity contribution in [3.63, 3.8) is 0 Å². The number of hydrogen-bond donors (Lipinski definition) is 1. The van der Waals surface area contributed by atoms with Crippen LogP contribution in [0.5, 0.6) is 5.88 Å². The number of nitrogens with two attached hydrogens (primary N) is 1. The van der Waals surface area contributed by atoms with Gasteiger partial charge in [-0.25, -0.2) is 9.97 Å². The fourth-order valence-corrected chi connectivity index (χ4v) is 1.29. The van der Waals surface area contributed by atoms with E-state index in [9.17, 15) is 0 Å². The summed E-state index contributed by atoms with van der Waals surface area (Å²) in [6.07, 6.45) is 1.68. The Morgan fingerprint density at radius 1 is 1.27 bits per heavy atom. The van der Waals surface area contributed by atoms with Crippen molar-refractivity contribution in [1.82, 2.24) is 9.97 Å². The van der Waals surface area contributed by atoms with Crippen molar-refractivity contribution in [2.75, 3.05) is 12.8 Å². The molecule has 4 nitrogen and oxygen atoms in total. The highest BCUT2D eigenvalue weighted by atomic mass is 16.5. The summed E-state index contributed by atoms with van der Waals surface area (Å²) in [6, 6.07) is 9.20. The van der Waals surface area contributed by atoms with Crippen LogP contribution in [-0.2, 0) is 0 Å². The molecule has 2 N–H and O–H groups in total. The average molecular weight is 201 g/mol. The molecule has 0 fully saturated rings. The van der Waals surface area contributed by atoms with Crippen molar-refractivity contribution >= 4 is 5.82 Å². The van der Waals surface area contributed by atoms with Crippen molar-refractivity contribution in [3.8, 4) is 17.1 Å². The third kappa shape index (κ3) is 2.04. The Bertz CT molecular complexity index is 471. The summed E-state index contributed by atoms with van der Waals surface area (Å²) in [5, 5.41) is 0. The number of pyridine rings is 2. The Hall–Kier alpha value is -2.10. The quantitative estimate of drug-likeness (QED) is 0.803. The minimum absolute atomic E-state index is 0.503. The molecule has 0 amide bonds. The molecule has 2 aromatic heterocycles. The molecule has 0 spiro atoms. The number of nitrogen functional groups attached to an aromatic ring is 1. The summed E-state index contributed by atoms with van der Waals surface area (Å²) >= 11 is 0. The first-order chi connectivity index (χ1) is 7.29. The van der Waals surface area contributed by atoms with Gasteiger partial charge in [0.25, 0.3) is 0 Å². The van der Waals surface area contributed by atoms with Gasteiger partial charge in [-0.05, 0) is 18.2 Å². The van der Waals surface area contributed by atoms with E-state index in [1.807, 2.05) is 24.3 Å². The zero-order valence-electron chi connectivity index (χ0n) is 8.34. The molecule has 0 saturated heterocycles. The first-order valence-corrected chi connectivity index (χ1v) is 4.52. The van der Waals surface area contributed by atoms with E-state index < -0.39 is 0 Å². The molecule has 0 bridgehead atoms. The predicted octanol–water partition coefficient (Wildman–Crippen LogP) is 1.73. The van der Waals surface area contributed by atoms with Crippen molar-refractivity contribution in [2.24, 2.45) is 0 Å². The highest BCUT2D eigenvalue weighted by Gasteiger charge is 2.01. The fourth-order valence-electron chi connectivity index (χ4n) is 1.29. The van der Waals surface area contributed by atoms with E-state index >= 15 is 0 Å². The van der Waals surface area contributed by atoms with E-state index in [0.717, 1.165) is 11.3 Å². The van der Waals surface area contributed by atoms with E-state index in [-0.39, 0.29) is 0 Å². The number of nitrogens with zero attached hydrogens (tertiary/aromatic N) is 2. The van der Waals surface area contributed by atoms with E-state index in [1.54, 1.807) is 19.4 Å². The van der Waals surface area contributed by atoms with E-state index in [4.69, 9.17) is 10.5 Å². The minimum atomic E-state index is 0.503. The van der Waals surface area contributed by atoms with E-state index in [0.29, 0.717) is 11.7 Å². The number of rotatable bonds is 2. The first kappa shape index (κ1) is 9.45. The van der Waals surface area contributed by atoms with Crippen LogP contribution in [0.25, 0.3) is 11.3 Å². The van der Waals surface area contributed by atoms with Crippen molar-refractivity contribution in [3.05, 3.63) is 36.5 Å². The highest BCUT2D eigenvalue weighted by Crippen LogP contribution is 2.20. The molecule has 0 unspecified atom stereocenters. The van der Waals surface area contributed by atoms with Crippen LogP contribution < -0.4 is 10.5 Å². The van der Waals surface area contributed by atoms with Gasteiger partial charge in [0.05, 0.1) is 12.8 Å². The van der Waals surface area contributed by atoms with E-state index in [2.05, 4.69) is 9.97 Å². The Morgan fingerprint density at radius 3 is 2.87 bits per heavy atom. The molecule has 2 heterocycles. The minimum Gasteiger partial charge on any atom is -0.481 e. The number of anilines is 1. The molecule has 15 heavy (non-hydrogen) atoms. The van der Waals surface area contributed by atoms with Crippen molar-refractivity contribution in [2.45, 2.75) is 0 Å². The maximum Gasteiger partial charge on any atom is 0.213 e. The Kier molecular flexibility index (Phi) is 2.49. The SMILES string of the molecule is COc1cc(-c2cccc(N)n2)ccn1. The summed E-state index contributed by atoms with van der Waals surface area (Å²) in [6.45, 7) is 0. The lowest BCUT2D eigenvalue weighted by Crippen LogP contribution is -1.92. The van der Waals surface area contributed by atoms with Crippen LogP contribution in [-0.4, -0.2) is 17.1 Å². The van der Waals surface area contributed by atoms with Gasteiger partial charge in [-0.3, -0.25) is 0 Å². The second-order valence-corrected chi connectivity index (χ2v) is 3.03. The number of methoxy groups -OCH3 is 1. The third-order valence-corrected chi connectivity index (χ3v) is 2.01. The Labute approximate surface area is 87.7 Å². The molecular weight excluding hydrogens is 190 g/mol. The Morgan fingerprint density at radius 2 is 2.13 bits per heavy atom. The predicted molar refractivity (Wildman–Crippen MR) is 58.4 cm³/mol. The fraction of sp³-hybridized carbons (Fsp3) is 0.0909. The van der Waals surface area contributed by atoms with Gasteiger partial charge >= 0.3 is 0 Å². The van der Waals surface area contributed by atoms with Crippen LogP contribution in [0.2, 0.25) is 0 Å². The molecule has 4 heteroatoms.